The van der Waals surface area contributed by atoms with Crippen molar-refractivity contribution >= 4 is 5.69 Å². The molecule has 2 rings (SSSR count). The Hall–Kier alpha value is -1.09. The van der Waals surface area contributed by atoms with E-state index in [1.807, 2.05) is 0 Å². The molecule has 3 heteroatoms. The molecule has 1 aromatic heterocycles. The molecule has 1 fully saturated rings. The van der Waals surface area contributed by atoms with Crippen LogP contribution < -0.4 is 10.2 Å². The summed E-state index contributed by atoms with van der Waals surface area (Å²) < 4.78 is 0. The Morgan fingerprint density at radius 3 is 3.00 bits per heavy atom. The van der Waals surface area contributed by atoms with Crippen molar-refractivity contribution in [3.8, 4) is 0 Å². The van der Waals surface area contributed by atoms with Crippen molar-refractivity contribution in [2.75, 3.05) is 18.0 Å². The lowest BCUT2D eigenvalue weighted by molar-refractivity contribution is 0.609. The van der Waals surface area contributed by atoms with Gasteiger partial charge in [0.1, 0.15) is 0 Å². The summed E-state index contributed by atoms with van der Waals surface area (Å²) in [4.78, 5) is 7.10. The highest BCUT2D eigenvalue weighted by atomic mass is 15.2. The molecule has 0 bridgehead atoms. The standard InChI is InChI=1S/C17H29N3/c1-4-9-18-12-16-13-19-14(2)11-17(16)20-10-7-5-6-8-15(20)3/h11,13,15,18H,4-10,12H2,1-3H3. The number of nitrogens with one attached hydrogen (secondary N) is 1. The summed E-state index contributed by atoms with van der Waals surface area (Å²) in [6.07, 6.45) is 8.59. The third kappa shape index (κ3) is 3.95. The van der Waals surface area contributed by atoms with E-state index in [4.69, 9.17) is 0 Å². The summed E-state index contributed by atoms with van der Waals surface area (Å²) in [5.41, 5.74) is 3.86. The first kappa shape index (κ1) is 15.3. The molecule has 20 heavy (non-hydrogen) atoms. The van der Waals surface area contributed by atoms with Crippen molar-refractivity contribution in [1.82, 2.24) is 10.3 Å². The minimum atomic E-state index is 0.643. The highest BCUT2D eigenvalue weighted by Crippen LogP contribution is 2.27. The lowest BCUT2D eigenvalue weighted by Gasteiger charge is -2.31. The number of hydrogen-bond acceptors (Lipinski definition) is 3. The van der Waals surface area contributed by atoms with E-state index in [9.17, 15) is 0 Å². The second-order valence-electron chi connectivity index (χ2n) is 6.02. The maximum absolute atomic E-state index is 4.50. The topological polar surface area (TPSA) is 28.2 Å². The minimum absolute atomic E-state index is 0.643. The number of hydrogen-bond donors (Lipinski definition) is 1. The van der Waals surface area contributed by atoms with E-state index in [-0.39, 0.29) is 0 Å². The van der Waals surface area contributed by atoms with Crippen LogP contribution in [-0.2, 0) is 6.54 Å². The molecule has 0 spiro atoms. The normalized spacial score (nSPS) is 19.9. The molecule has 1 aliphatic heterocycles. The van der Waals surface area contributed by atoms with Crippen LogP contribution in [0, 0.1) is 6.92 Å². The first-order valence-corrected chi connectivity index (χ1v) is 8.15. The molecule has 1 N–H and O–H groups in total. The van der Waals surface area contributed by atoms with Crippen LogP contribution in [-0.4, -0.2) is 24.1 Å². The zero-order valence-electron chi connectivity index (χ0n) is 13.3. The monoisotopic (exact) mass is 275 g/mol. The Bertz CT molecular complexity index is 417. The molecular weight excluding hydrogens is 246 g/mol. The van der Waals surface area contributed by atoms with Gasteiger partial charge in [0.2, 0.25) is 0 Å². The number of pyridine rings is 1. The van der Waals surface area contributed by atoms with Crippen molar-refractivity contribution < 1.29 is 0 Å². The van der Waals surface area contributed by atoms with Gasteiger partial charge >= 0.3 is 0 Å². The summed E-state index contributed by atoms with van der Waals surface area (Å²) in [7, 11) is 0. The number of rotatable bonds is 5. The van der Waals surface area contributed by atoms with Gasteiger partial charge in [-0.3, -0.25) is 4.98 Å². The van der Waals surface area contributed by atoms with Crippen LogP contribution in [0.25, 0.3) is 0 Å². The van der Waals surface area contributed by atoms with E-state index in [0.29, 0.717) is 6.04 Å². The Morgan fingerprint density at radius 1 is 1.35 bits per heavy atom. The van der Waals surface area contributed by atoms with Crippen molar-refractivity contribution in [3.05, 3.63) is 23.5 Å². The van der Waals surface area contributed by atoms with Gasteiger partial charge in [-0.2, -0.15) is 0 Å². The van der Waals surface area contributed by atoms with Gasteiger partial charge in [-0.05, 0) is 45.7 Å². The summed E-state index contributed by atoms with van der Waals surface area (Å²) in [5.74, 6) is 0. The number of nitrogens with zero attached hydrogens (tertiary/aromatic N) is 2. The van der Waals surface area contributed by atoms with Gasteiger partial charge in [-0.1, -0.05) is 19.8 Å². The molecule has 1 atom stereocenters. The van der Waals surface area contributed by atoms with Crippen LogP contribution in [0.5, 0.6) is 0 Å². The smallest absolute Gasteiger partial charge is 0.0447 e. The van der Waals surface area contributed by atoms with Gasteiger partial charge < -0.3 is 10.2 Å². The number of aryl methyl sites for hydroxylation is 1. The summed E-state index contributed by atoms with van der Waals surface area (Å²) in [5, 5.41) is 3.51. The molecule has 0 amide bonds. The van der Waals surface area contributed by atoms with Crippen molar-refractivity contribution in [1.29, 1.82) is 0 Å². The van der Waals surface area contributed by atoms with Crippen LogP contribution in [0.1, 0.15) is 57.2 Å². The molecule has 3 nitrogen and oxygen atoms in total. The van der Waals surface area contributed by atoms with Crippen molar-refractivity contribution in [2.45, 2.75) is 65.5 Å². The lowest BCUT2D eigenvalue weighted by atomic mass is 10.1. The van der Waals surface area contributed by atoms with Crippen LogP contribution >= 0.6 is 0 Å². The van der Waals surface area contributed by atoms with E-state index in [1.54, 1.807) is 0 Å². The molecular formula is C17H29N3. The zero-order chi connectivity index (χ0) is 14.4. The fraction of sp³-hybridized carbons (Fsp3) is 0.706. The highest BCUT2D eigenvalue weighted by molar-refractivity contribution is 5.54. The quantitative estimate of drug-likeness (QED) is 0.831. The first-order chi connectivity index (χ1) is 9.72. The maximum atomic E-state index is 4.50. The van der Waals surface area contributed by atoms with Crippen molar-refractivity contribution in [2.24, 2.45) is 0 Å². The molecule has 0 saturated carbocycles. The minimum Gasteiger partial charge on any atom is -0.368 e. The van der Waals surface area contributed by atoms with Crippen LogP contribution in [0.15, 0.2) is 12.3 Å². The molecule has 0 radical (unpaired) electrons. The highest BCUT2D eigenvalue weighted by Gasteiger charge is 2.20. The second kappa shape index (κ2) is 7.63. The third-order valence-corrected chi connectivity index (χ3v) is 4.20. The van der Waals surface area contributed by atoms with E-state index >= 15 is 0 Å². The second-order valence-corrected chi connectivity index (χ2v) is 6.02. The average Bonchev–Trinajstić information content (AvgIpc) is 2.65. The maximum Gasteiger partial charge on any atom is 0.0447 e. The van der Waals surface area contributed by atoms with Crippen molar-refractivity contribution in [3.63, 3.8) is 0 Å². The van der Waals surface area contributed by atoms with Gasteiger partial charge in [0.05, 0.1) is 0 Å². The molecule has 2 heterocycles. The SMILES string of the molecule is CCCNCc1cnc(C)cc1N1CCCCCC1C. The van der Waals surface area contributed by atoms with Gasteiger partial charge in [0.15, 0.2) is 0 Å². The Balaban J connectivity index is 2.20. The molecule has 0 aliphatic carbocycles. The first-order valence-electron chi connectivity index (χ1n) is 8.15. The van der Waals surface area contributed by atoms with E-state index in [2.05, 4.69) is 48.2 Å². The largest absolute Gasteiger partial charge is 0.368 e. The molecule has 0 aromatic carbocycles. The Labute approximate surface area is 123 Å². The van der Waals surface area contributed by atoms with Crippen LogP contribution in [0.4, 0.5) is 5.69 Å². The molecule has 1 unspecified atom stereocenters. The molecule has 112 valence electrons. The lowest BCUT2D eigenvalue weighted by Crippen LogP contribution is -2.34. The Kier molecular flexibility index (Phi) is 5.84. The van der Waals surface area contributed by atoms with Crippen LogP contribution in [0.2, 0.25) is 0 Å². The van der Waals surface area contributed by atoms with Crippen LogP contribution in [0.3, 0.4) is 0 Å². The van der Waals surface area contributed by atoms with E-state index < -0.39 is 0 Å². The predicted molar refractivity (Wildman–Crippen MR) is 86.2 cm³/mol. The zero-order valence-corrected chi connectivity index (χ0v) is 13.3. The fourth-order valence-corrected chi connectivity index (χ4v) is 3.01. The van der Waals surface area contributed by atoms with E-state index in [1.165, 1.54) is 49.9 Å². The molecule has 1 aliphatic rings. The Morgan fingerprint density at radius 2 is 2.20 bits per heavy atom. The number of anilines is 1. The number of aromatic nitrogens is 1. The molecule has 1 saturated heterocycles. The third-order valence-electron chi connectivity index (χ3n) is 4.20. The van der Waals surface area contributed by atoms with Gasteiger partial charge in [0.25, 0.3) is 0 Å². The summed E-state index contributed by atoms with van der Waals surface area (Å²) in [6.45, 7) is 9.85. The van der Waals surface area contributed by atoms with Gasteiger partial charge in [0, 0.05) is 42.3 Å². The van der Waals surface area contributed by atoms with Gasteiger partial charge in [-0.25, -0.2) is 0 Å². The summed E-state index contributed by atoms with van der Waals surface area (Å²) in [6, 6.07) is 2.91. The predicted octanol–water partition coefficient (Wildman–Crippen LogP) is 3.66. The van der Waals surface area contributed by atoms with E-state index in [0.717, 1.165) is 18.8 Å². The summed E-state index contributed by atoms with van der Waals surface area (Å²) >= 11 is 0. The molecule has 1 aromatic rings. The average molecular weight is 275 g/mol. The fourth-order valence-electron chi connectivity index (χ4n) is 3.01. The van der Waals surface area contributed by atoms with Gasteiger partial charge in [-0.15, -0.1) is 0 Å².